The molecule has 0 aliphatic rings. The predicted octanol–water partition coefficient (Wildman–Crippen LogP) is 5.59. The Labute approximate surface area is 189 Å². The predicted molar refractivity (Wildman–Crippen MR) is 110 cm³/mol. The number of Topliss-reactive ketones (excluding diaryl/α,β-unsaturated/α-hetero) is 1. The van der Waals surface area contributed by atoms with Crippen molar-refractivity contribution in [3.8, 4) is 28.5 Å². The molecule has 1 unspecified atom stereocenters. The maximum Gasteiger partial charge on any atom is 0.573 e. The van der Waals surface area contributed by atoms with Gasteiger partial charge in [0.05, 0.1) is 14.2 Å². The number of oxazole rings is 1. The second-order valence-corrected chi connectivity index (χ2v) is 7.12. The van der Waals surface area contributed by atoms with Crippen LogP contribution < -0.4 is 14.2 Å². The van der Waals surface area contributed by atoms with E-state index in [0.717, 1.165) is 12.1 Å². The maximum atomic E-state index is 12.9. The monoisotopic (exact) mass is 515 g/mol. The standard InChI is InChI=1S/C21H17BrF3NO6/c1-28-15-8-12(9-16(29-2)17(15)22)14-10-31-20(26-14)18(27)19(30-3)11-4-6-13(7-5-11)32-21(23,24)25/h4-10,19H,1-3H3. The average molecular weight is 516 g/mol. The van der Waals surface area contributed by atoms with Gasteiger partial charge in [0, 0.05) is 12.7 Å². The van der Waals surface area contributed by atoms with Gasteiger partial charge in [0.1, 0.15) is 33.7 Å². The molecule has 0 N–H and O–H groups in total. The summed E-state index contributed by atoms with van der Waals surface area (Å²) in [5.41, 5.74) is 1.23. The van der Waals surface area contributed by atoms with Crippen molar-refractivity contribution in [3.63, 3.8) is 0 Å². The Hall–Kier alpha value is -3.05. The van der Waals surface area contributed by atoms with E-state index >= 15 is 0 Å². The van der Waals surface area contributed by atoms with Crippen molar-refractivity contribution in [1.29, 1.82) is 0 Å². The highest BCUT2D eigenvalue weighted by molar-refractivity contribution is 9.10. The van der Waals surface area contributed by atoms with Gasteiger partial charge in [0.25, 0.3) is 11.7 Å². The summed E-state index contributed by atoms with van der Waals surface area (Å²) in [7, 11) is 4.28. The van der Waals surface area contributed by atoms with Crippen molar-refractivity contribution in [2.75, 3.05) is 21.3 Å². The second kappa shape index (κ2) is 9.61. The molecule has 1 atom stereocenters. The quantitative estimate of drug-likeness (QED) is 0.361. The summed E-state index contributed by atoms with van der Waals surface area (Å²) < 4.78 is 62.6. The first-order valence-corrected chi connectivity index (χ1v) is 9.76. The number of rotatable bonds is 8. The van der Waals surface area contributed by atoms with Gasteiger partial charge in [-0.05, 0) is 45.8 Å². The number of hydrogen-bond acceptors (Lipinski definition) is 7. The normalized spacial score (nSPS) is 12.3. The molecule has 3 rings (SSSR count). The summed E-state index contributed by atoms with van der Waals surface area (Å²) in [6, 6.07) is 8.13. The number of halogens is 4. The molecule has 0 radical (unpaired) electrons. The van der Waals surface area contributed by atoms with E-state index in [1.807, 2.05) is 0 Å². The van der Waals surface area contributed by atoms with Crippen molar-refractivity contribution in [3.05, 3.63) is 58.6 Å². The van der Waals surface area contributed by atoms with Crippen LogP contribution in [0.15, 0.2) is 51.6 Å². The number of methoxy groups -OCH3 is 3. The van der Waals surface area contributed by atoms with E-state index in [0.29, 0.717) is 32.8 Å². The molecule has 11 heteroatoms. The van der Waals surface area contributed by atoms with Gasteiger partial charge in [-0.25, -0.2) is 4.98 Å². The minimum Gasteiger partial charge on any atom is -0.495 e. The molecule has 0 saturated heterocycles. The third-order valence-electron chi connectivity index (χ3n) is 4.35. The van der Waals surface area contributed by atoms with Gasteiger partial charge in [-0.3, -0.25) is 4.79 Å². The molecular weight excluding hydrogens is 499 g/mol. The summed E-state index contributed by atoms with van der Waals surface area (Å²) in [5.74, 6) is -0.278. The second-order valence-electron chi connectivity index (χ2n) is 6.33. The van der Waals surface area contributed by atoms with Crippen LogP contribution in [0.25, 0.3) is 11.3 Å². The van der Waals surface area contributed by atoms with Crippen LogP contribution in [0.1, 0.15) is 22.4 Å². The highest BCUT2D eigenvalue weighted by atomic mass is 79.9. The lowest BCUT2D eigenvalue weighted by Gasteiger charge is -2.14. The number of benzene rings is 2. The largest absolute Gasteiger partial charge is 0.573 e. The van der Waals surface area contributed by atoms with Crippen LogP contribution in [0.4, 0.5) is 13.2 Å². The van der Waals surface area contributed by atoms with E-state index in [1.54, 1.807) is 12.1 Å². The number of carbonyl (C=O) groups excluding carboxylic acids is 1. The first-order chi connectivity index (χ1) is 15.2. The highest BCUT2D eigenvalue weighted by Crippen LogP contribution is 2.39. The first-order valence-electron chi connectivity index (χ1n) is 8.97. The fourth-order valence-electron chi connectivity index (χ4n) is 2.89. The fraction of sp³-hybridized carbons (Fsp3) is 0.238. The summed E-state index contributed by atoms with van der Waals surface area (Å²) in [4.78, 5) is 17.1. The van der Waals surface area contributed by atoms with Gasteiger partial charge in [-0.15, -0.1) is 13.2 Å². The lowest BCUT2D eigenvalue weighted by atomic mass is 10.1. The number of alkyl halides is 3. The minimum atomic E-state index is -4.81. The Balaban J connectivity index is 1.86. The lowest BCUT2D eigenvalue weighted by Crippen LogP contribution is -2.18. The van der Waals surface area contributed by atoms with Crippen molar-refractivity contribution in [2.24, 2.45) is 0 Å². The van der Waals surface area contributed by atoms with Gasteiger partial charge in [-0.1, -0.05) is 12.1 Å². The molecule has 170 valence electrons. The summed E-state index contributed by atoms with van der Waals surface area (Å²) >= 11 is 3.38. The van der Waals surface area contributed by atoms with Gasteiger partial charge < -0.3 is 23.4 Å². The van der Waals surface area contributed by atoms with E-state index in [4.69, 9.17) is 18.6 Å². The third kappa shape index (κ3) is 5.22. The highest BCUT2D eigenvalue weighted by Gasteiger charge is 2.31. The number of hydrogen-bond donors (Lipinski definition) is 0. The molecule has 0 saturated carbocycles. The number of nitrogens with zero attached hydrogens (tertiary/aromatic N) is 1. The number of carbonyl (C=O) groups is 1. The van der Waals surface area contributed by atoms with Crippen molar-refractivity contribution in [1.82, 2.24) is 4.98 Å². The van der Waals surface area contributed by atoms with Gasteiger partial charge in [0.15, 0.2) is 6.10 Å². The van der Waals surface area contributed by atoms with E-state index in [-0.39, 0.29) is 5.89 Å². The van der Waals surface area contributed by atoms with Crippen molar-refractivity contribution >= 4 is 21.7 Å². The Morgan fingerprint density at radius 2 is 1.66 bits per heavy atom. The molecule has 0 amide bonds. The molecule has 0 fully saturated rings. The van der Waals surface area contributed by atoms with Crippen LogP contribution in [0, 0.1) is 0 Å². The first kappa shape index (κ1) is 23.6. The zero-order valence-electron chi connectivity index (χ0n) is 17.0. The Kier molecular flexibility index (Phi) is 7.09. The van der Waals surface area contributed by atoms with Crippen LogP contribution in [0.3, 0.4) is 0 Å². The fourth-order valence-corrected chi connectivity index (χ4v) is 3.44. The molecule has 0 spiro atoms. The summed E-state index contributed by atoms with van der Waals surface area (Å²) in [6.45, 7) is 0. The van der Waals surface area contributed by atoms with Crippen LogP contribution >= 0.6 is 15.9 Å². The molecule has 7 nitrogen and oxygen atoms in total. The SMILES string of the molecule is COc1cc(-c2coc(C(=O)C(OC)c3ccc(OC(F)(F)F)cc3)n2)cc(OC)c1Br. The molecule has 3 aromatic rings. The number of ketones is 1. The third-order valence-corrected chi connectivity index (χ3v) is 5.13. The van der Waals surface area contributed by atoms with E-state index < -0.39 is 24.0 Å². The van der Waals surface area contributed by atoms with Crippen molar-refractivity contribution in [2.45, 2.75) is 12.5 Å². The van der Waals surface area contributed by atoms with E-state index in [9.17, 15) is 18.0 Å². The topological polar surface area (TPSA) is 80.0 Å². The van der Waals surface area contributed by atoms with Crippen LogP contribution in [0.2, 0.25) is 0 Å². The molecule has 32 heavy (non-hydrogen) atoms. The number of aromatic nitrogens is 1. The Bertz CT molecular complexity index is 1070. The molecule has 0 aliphatic carbocycles. The van der Waals surface area contributed by atoms with Gasteiger partial charge in [-0.2, -0.15) is 0 Å². The van der Waals surface area contributed by atoms with E-state index in [2.05, 4.69) is 25.7 Å². The summed E-state index contributed by atoms with van der Waals surface area (Å²) in [6.07, 6.45) is -4.66. The molecule has 0 aliphatic heterocycles. The Morgan fingerprint density at radius 3 is 2.16 bits per heavy atom. The smallest absolute Gasteiger partial charge is 0.495 e. The van der Waals surface area contributed by atoms with Crippen LogP contribution in [-0.2, 0) is 4.74 Å². The van der Waals surface area contributed by atoms with Crippen molar-refractivity contribution < 1.29 is 41.3 Å². The summed E-state index contributed by atoms with van der Waals surface area (Å²) in [5, 5.41) is 0. The zero-order chi connectivity index (χ0) is 23.5. The Morgan fingerprint density at radius 1 is 1.06 bits per heavy atom. The van der Waals surface area contributed by atoms with Gasteiger partial charge in [0.2, 0.25) is 0 Å². The molecular formula is C21H17BrF3NO6. The maximum absolute atomic E-state index is 12.9. The van der Waals surface area contributed by atoms with Crippen LogP contribution in [-0.4, -0.2) is 38.5 Å². The molecule has 0 bridgehead atoms. The average Bonchev–Trinajstić information content (AvgIpc) is 3.25. The molecule has 1 heterocycles. The molecule has 2 aromatic carbocycles. The minimum absolute atomic E-state index is 0.233. The zero-order valence-corrected chi connectivity index (χ0v) is 18.6. The van der Waals surface area contributed by atoms with Crippen LogP contribution in [0.5, 0.6) is 17.2 Å². The lowest BCUT2D eigenvalue weighted by molar-refractivity contribution is -0.274. The van der Waals surface area contributed by atoms with Gasteiger partial charge >= 0.3 is 6.36 Å². The molecule has 1 aromatic heterocycles. The number of ether oxygens (including phenoxy) is 4. The van der Waals surface area contributed by atoms with E-state index in [1.165, 1.54) is 39.7 Å².